The molecule has 0 saturated carbocycles. The lowest BCUT2D eigenvalue weighted by Crippen LogP contribution is -2.28. The number of hydrogen-bond donors (Lipinski definition) is 2. The van der Waals surface area contributed by atoms with Crippen LogP contribution in [0.5, 0.6) is 0 Å². The molecule has 2 aromatic carbocycles. The summed E-state index contributed by atoms with van der Waals surface area (Å²) in [6.07, 6.45) is 0. The van der Waals surface area contributed by atoms with Gasteiger partial charge in [-0.05, 0) is 53.4 Å². The van der Waals surface area contributed by atoms with Crippen LogP contribution in [0.2, 0.25) is 5.02 Å². The minimum atomic E-state index is -0.459. The molecule has 1 aromatic heterocycles. The Hall–Kier alpha value is -2.02. The van der Waals surface area contributed by atoms with Crippen molar-refractivity contribution in [3.8, 4) is 0 Å². The number of hydrogen-bond acceptors (Lipinski definition) is 3. The van der Waals surface area contributed by atoms with Crippen LogP contribution in [0.1, 0.15) is 10.4 Å². The molecule has 7 heteroatoms. The summed E-state index contributed by atoms with van der Waals surface area (Å²) in [6, 6.07) is 15.4. The second-order valence-electron chi connectivity index (χ2n) is 5.40. The van der Waals surface area contributed by atoms with Crippen molar-refractivity contribution in [1.82, 2.24) is 5.32 Å². The summed E-state index contributed by atoms with van der Waals surface area (Å²) >= 11 is 9.20. The number of carbonyl (C=O) groups is 1. The first-order valence-corrected chi connectivity index (χ1v) is 10.1. The molecule has 0 bridgehead atoms. The van der Waals surface area contributed by atoms with E-state index in [0.29, 0.717) is 6.54 Å². The fraction of sp³-hybridized carbons (Fsp3) is 0.105. The molecule has 0 unspecified atom stereocenters. The average Bonchev–Trinajstić information content (AvgIpc) is 3.09. The van der Waals surface area contributed by atoms with E-state index in [1.807, 2.05) is 29.6 Å². The second kappa shape index (κ2) is 9.07. The van der Waals surface area contributed by atoms with Gasteiger partial charge in [-0.25, -0.2) is 9.18 Å². The maximum atomic E-state index is 13.6. The van der Waals surface area contributed by atoms with Crippen molar-refractivity contribution in [1.29, 1.82) is 0 Å². The first-order valence-electron chi connectivity index (χ1n) is 7.85. The van der Waals surface area contributed by atoms with Gasteiger partial charge in [0.05, 0.1) is 12.2 Å². The molecular formula is C19H16ClFN2OS2. The van der Waals surface area contributed by atoms with Gasteiger partial charge in [0.25, 0.3) is 0 Å². The average molecular weight is 407 g/mol. The minimum Gasteiger partial charge on any atom is -0.333 e. The predicted molar refractivity (Wildman–Crippen MR) is 108 cm³/mol. The Morgan fingerprint density at radius 3 is 2.65 bits per heavy atom. The molecule has 26 heavy (non-hydrogen) atoms. The molecule has 3 rings (SSSR count). The summed E-state index contributed by atoms with van der Waals surface area (Å²) in [5.41, 5.74) is 1.33. The summed E-state index contributed by atoms with van der Waals surface area (Å²) in [4.78, 5) is 14.2. The summed E-state index contributed by atoms with van der Waals surface area (Å²) in [6.45, 7) is 0.397. The quantitative estimate of drug-likeness (QED) is 0.481. The van der Waals surface area contributed by atoms with Crippen LogP contribution in [0.25, 0.3) is 0 Å². The van der Waals surface area contributed by atoms with Crippen LogP contribution >= 0.6 is 34.7 Å². The van der Waals surface area contributed by atoms with Crippen LogP contribution in [0.15, 0.2) is 64.9 Å². The van der Waals surface area contributed by atoms with Crippen molar-refractivity contribution in [3.05, 3.63) is 81.3 Å². The normalized spacial score (nSPS) is 10.5. The topological polar surface area (TPSA) is 41.1 Å². The molecular weight excluding hydrogens is 391 g/mol. The number of urea groups is 1. The van der Waals surface area contributed by atoms with E-state index in [2.05, 4.69) is 16.7 Å². The van der Waals surface area contributed by atoms with Gasteiger partial charge in [0.15, 0.2) is 0 Å². The maximum absolute atomic E-state index is 13.6. The van der Waals surface area contributed by atoms with Gasteiger partial charge in [0.1, 0.15) is 5.82 Å². The van der Waals surface area contributed by atoms with Crippen molar-refractivity contribution < 1.29 is 9.18 Å². The van der Waals surface area contributed by atoms with Crippen LogP contribution < -0.4 is 10.6 Å². The molecule has 2 N–H and O–H groups in total. The highest BCUT2D eigenvalue weighted by Crippen LogP contribution is 2.28. The number of amides is 2. The molecule has 0 aliphatic rings. The summed E-state index contributed by atoms with van der Waals surface area (Å²) in [5, 5.41) is 8.01. The van der Waals surface area contributed by atoms with E-state index in [-0.39, 0.29) is 5.69 Å². The molecule has 1 heterocycles. The number of halogens is 2. The number of benzene rings is 2. The highest BCUT2D eigenvalue weighted by atomic mass is 35.5. The van der Waals surface area contributed by atoms with Crippen LogP contribution in [0.3, 0.4) is 0 Å². The number of carbonyl (C=O) groups excluding carboxylic acids is 1. The largest absolute Gasteiger partial charge is 0.333 e. The van der Waals surface area contributed by atoms with E-state index in [0.717, 1.165) is 20.5 Å². The maximum Gasteiger partial charge on any atom is 0.319 e. The SMILES string of the molecule is O=C(NCc1sccc1CSc1ccc(Cl)cc1)Nc1ccccc1F. The molecule has 134 valence electrons. The van der Waals surface area contributed by atoms with Crippen LogP contribution in [0.4, 0.5) is 14.9 Å². The Morgan fingerprint density at radius 2 is 1.88 bits per heavy atom. The first-order chi connectivity index (χ1) is 12.6. The zero-order valence-corrected chi connectivity index (χ0v) is 16.1. The number of nitrogens with one attached hydrogen (secondary N) is 2. The molecule has 0 saturated heterocycles. The van der Waals surface area contributed by atoms with Crippen molar-refractivity contribution in [2.24, 2.45) is 0 Å². The minimum absolute atomic E-state index is 0.162. The molecule has 3 nitrogen and oxygen atoms in total. The van der Waals surface area contributed by atoms with Gasteiger partial charge in [-0.2, -0.15) is 0 Å². The van der Waals surface area contributed by atoms with Crippen molar-refractivity contribution in [3.63, 3.8) is 0 Å². The van der Waals surface area contributed by atoms with Gasteiger partial charge in [-0.15, -0.1) is 23.1 Å². The second-order valence-corrected chi connectivity index (χ2v) is 7.88. The number of para-hydroxylation sites is 1. The van der Waals surface area contributed by atoms with E-state index in [9.17, 15) is 9.18 Å². The van der Waals surface area contributed by atoms with Gasteiger partial charge in [0.2, 0.25) is 0 Å². The summed E-state index contributed by atoms with van der Waals surface area (Å²) < 4.78 is 13.6. The third-order valence-electron chi connectivity index (χ3n) is 3.58. The number of thiophene rings is 1. The third kappa shape index (κ3) is 5.24. The predicted octanol–water partition coefficient (Wildman–Crippen LogP) is 6.15. The molecule has 0 aliphatic heterocycles. The van der Waals surface area contributed by atoms with Crippen molar-refractivity contribution in [2.45, 2.75) is 17.2 Å². The van der Waals surface area contributed by atoms with E-state index in [4.69, 9.17) is 11.6 Å². The Morgan fingerprint density at radius 1 is 1.12 bits per heavy atom. The fourth-order valence-electron chi connectivity index (χ4n) is 2.23. The molecule has 0 spiro atoms. The van der Waals surface area contributed by atoms with Gasteiger partial charge >= 0.3 is 6.03 Å². The van der Waals surface area contributed by atoms with E-state index < -0.39 is 11.8 Å². The molecule has 0 aliphatic carbocycles. The Bertz CT molecular complexity index is 883. The van der Waals surface area contributed by atoms with Gasteiger partial charge < -0.3 is 10.6 Å². The smallest absolute Gasteiger partial charge is 0.319 e. The Kier molecular flexibility index (Phi) is 6.55. The van der Waals surface area contributed by atoms with Crippen molar-refractivity contribution >= 4 is 46.4 Å². The lowest BCUT2D eigenvalue weighted by molar-refractivity contribution is 0.251. The molecule has 0 radical (unpaired) electrons. The Balaban J connectivity index is 1.53. The lowest BCUT2D eigenvalue weighted by Gasteiger charge is -2.09. The number of anilines is 1. The van der Waals surface area contributed by atoms with E-state index in [1.165, 1.54) is 17.7 Å². The zero-order valence-electron chi connectivity index (χ0n) is 13.7. The lowest BCUT2D eigenvalue weighted by atomic mass is 10.3. The van der Waals surface area contributed by atoms with Gasteiger partial charge in [0, 0.05) is 20.5 Å². The van der Waals surface area contributed by atoms with Gasteiger partial charge in [-0.1, -0.05) is 23.7 Å². The summed E-state index contributed by atoms with van der Waals surface area (Å²) in [7, 11) is 0. The van der Waals surface area contributed by atoms with Crippen molar-refractivity contribution in [2.75, 3.05) is 5.32 Å². The van der Waals surface area contributed by atoms with Crippen LogP contribution in [-0.2, 0) is 12.3 Å². The summed E-state index contributed by atoms with van der Waals surface area (Å²) in [5.74, 6) is 0.343. The standard InChI is InChI=1S/C19H16ClFN2OS2/c20-14-5-7-15(8-6-14)26-12-13-9-10-25-18(13)11-22-19(24)23-17-4-2-1-3-16(17)21/h1-10H,11-12H2,(H2,22,23,24). The molecule has 0 fully saturated rings. The van der Waals surface area contributed by atoms with E-state index in [1.54, 1.807) is 35.2 Å². The molecule has 3 aromatic rings. The Labute approximate surface area is 164 Å². The molecule has 2 amide bonds. The van der Waals surface area contributed by atoms with E-state index >= 15 is 0 Å². The fourth-order valence-corrected chi connectivity index (χ4v) is 4.21. The number of rotatable bonds is 6. The first kappa shape index (κ1) is 18.8. The van der Waals surface area contributed by atoms with Gasteiger partial charge in [-0.3, -0.25) is 0 Å². The zero-order chi connectivity index (χ0) is 18.4. The highest BCUT2D eigenvalue weighted by molar-refractivity contribution is 7.98. The highest BCUT2D eigenvalue weighted by Gasteiger charge is 2.09. The number of thioether (sulfide) groups is 1. The van der Waals surface area contributed by atoms with Crippen LogP contribution in [-0.4, -0.2) is 6.03 Å². The van der Waals surface area contributed by atoms with Crippen LogP contribution in [0, 0.1) is 5.82 Å². The third-order valence-corrected chi connectivity index (χ3v) is 5.85. The monoisotopic (exact) mass is 406 g/mol. The molecule has 0 atom stereocenters.